The molecule has 0 radical (unpaired) electrons. The normalized spacial score (nSPS) is 24.0. The predicted molar refractivity (Wildman–Crippen MR) is 70.8 cm³/mol. The lowest BCUT2D eigenvalue weighted by Gasteiger charge is -2.21. The van der Waals surface area contributed by atoms with Crippen LogP contribution in [0.25, 0.3) is 0 Å². The van der Waals surface area contributed by atoms with Crippen LogP contribution in [-0.4, -0.2) is 49.1 Å². The Balaban J connectivity index is 2.03. The van der Waals surface area contributed by atoms with Gasteiger partial charge in [-0.05, 0) is 57.8 Å². The second-order valence-corrected chi connectivity index (χ2v) is 5.55. The fourth-order valence-corrected chi connectivity index (χ4v) is 2.65. The summed E-state index contributed by atoms with van der Waals surface area (Å²) in [4.78, 5) is 2.63. The van der Waals surface area contributed by atoms with Crippen LogP contribution >= 0.6 is 11.8 Å². The minimum Gasteiger partial charge on any atom is -0.313 e. The van der Waals surface area contributed by atoms with Gasteiger partial charge in [0.05, 0.1) is 0 Å². The first kappa shape index (κ1) is 13.3. The zero-order valence-electron chi connectivity index (χ0n) is 10.3. The highest BCUT2D eigenvalue weighted by molar-refractivity contribution is 7.98. The van der Waals surface area contributed by atoms with Crippen LogP contribution in [0, 0.1) is 0 Å². The zero-order valence-corrected chi connectivity index (χ0v) is 11.1. The molecule has 1 aliphatic heterocycles. The van der Waals surface area contributed by atoms with E-state index in [4.69, 9.17) is 0 Å². The molecule has 1 saturated heterocycles. The van der Waals surface area contributed by atoms with Crippen LogP contribution in [0.5, 0.6) is 0 Å². The van der Waals surface area contributed by atoms with E-state index in [1.165, 1.54) is 57.6 Å². The van der Waals surface area contributed by atoms with E-state index in [9.17, 15) is 0 Å². The fourth-order valence-electron chi connectivity index (χ4n) is 2.16. The minimum atomic E-state index is 0.679. The topological polar surface area (TPSA) is 15.3 Å². The van der Waals surface area contributed by atoms with Crippen molar-refractivity contribution in [3.8, 4) is 0 Å². The van der Waals surface area contributed by atoms with Gasteiger partial charge in [-0.3, -0.25) is 0 Å². The average molecular weight is 230 g/mol. The Morgan fingerprint density at radius 1 is 1.33 bits per heavy atom. The zero-order chi connectivity index (χ0) is 10.9. The van der Waals surface area contributed by atoms with Crippen molar-refractivity contribution < 1.29 is 0 Å². The quantitative estimate of drug-likeness (QED) is 0.704. The molecule has 0 spiro atoms. The van der Waals surface area contributed by atoms with Gasteiger partial charge in [0.2, 0.25) is 0 Å². The summed E-state index contributed by atoms with van der Waals surface area (Å²) in [5, 5.41) is 3.54. The smallest absolute Gasteiger partial charge is 0.0166 e. The van der Waals surface area contributed by atoms with Gasteiger partial charge in [0.25, 0.3) is 0 Å². The molecule has 0 bridgehead atoms. The molecule has 0 aliphatic carbocycles. The van der Waals surface area contributed by atoms with Crippen molar-refractivity contribution in [2.75, 3.05) is 38.2 Å². The Kier molecular flexibility index (Phi) is 7.49. The molecule has 1 unspecified atom stereocenters. The minimum absolute atomic E-state index is 0.679. The van der Waals surface area contributed by atoms with E-state index in [1.54, 1.807) is 0 Å². The van der Waals surface area contributed by atoms with Crippen molar-refractivity contribution in [3.05, 3.63) is 0 Å². The van der Waals surface area contributed by atoms with Gasteiger partial charge in [0.15, 0.2) is 0 Å². The van der Waals surface area contributed by atoms with E-state index >= 15 is 0 Å². The molecular weight excluding hydrogens is 204 g/mol. The maximum absolute atomic E-state index is 3.54. The largest absolute Gasteiger partial charge is 0.313 e. The summed E-state index contributed by atoms with van der Waals surface area (Å²) in [7, 11) is 0. The van der Waals surface area contributed by atoms with Gasteiger partial charge in [-0.25, -0.2) is 0 Å². The summed E-state index contributed by atoms with van der Waals surface area (Å²) in [6.45, 7) is 7.33. The number of thioether (sulfide) groups is 1. The second-order valence-electron chi connectivity index (χ2n) is 4.56. The van der Waals surface area contributed by atoms with Crippen LogP contribution in [-0.2, 0) is 0 Å². The van der Waals surface area contributed by atoms with Gasteiger partial charge >= 0.3 is 0 Å². The highest BCUT2D eigenvalue weighted by atomic mass is 32.2. The molecule has 90 valence electrons. The van der Waals surface area contributed by atoms with Gasteiger partial charge < -0.3 is 10.2 Å². The molecule has 0 aromatic rings. The van der Waals surface area contributed by atoms with E-state index in [1.807, 2.05) is 11.8 Å². The lowest BCUT2D eigenvalue weighted by molar-refractivity contribution is 0.267. The highest BCUT2D eigenvalue weighted by Gasteiger charge is 2.12. The molecule has 0 aromatic heterocycles. The maximum Gasteiger partial charge on any atom is 0.0166 e. The second kappa shape index (κ2) is 8.43. The summed E-state index contributed by atoms with van der Waals surface area (Å²) < 4.78 is 0. The van der Waals surface area contributed by atoms with E-state index < -0.39 is 0 Å². The molecule has 1 rings (SSSR count). The highest BCUT2D eigenvalue weighted by Crippen LogP contribution is 2.06. The van der Waals surface area contributed by atoms with Crippen molar-refractivity contribution in [1.82, 2.24) is 10.2 Å². The number of unbranched alkanes of at least 4 members (excludes halogenated alkanes) is 2. The van der Waals surface area contributed by atoms with Crippen molar-refractivity contribution in [3.63, 3.8) is 0 Å². The van der Waals surface area contributed by atoms with E-state index in [-0.39, 0.29) is 0 Å². The average Bonchev–Trinajstić information content (AvgIpc) is 2.43. The Morgan fingerprint density at radius 3 is 3.00 bits per heavy atom. The monoisotopic (exact) mass is 230 g/mol. The third-order valence-electron chi connectivity index (χ3n) is 3.00. The first-order chi connectivity index (χ1) is 7.33. The predicted octanol–water partition coefficient (Wildman–Crippen LogP) is 2.20. The molecular formula is C12H26N2S. The SMILES string of the molecule is CSCCCCCN1CCCNC(C)C1. The van der Waals surface area contributed by atoms with Crippen molar-refractivity contribution in [2.24, 2.45) is 0 Å². The molecule has 3 heteroatoms. The fraction of sp³-hybridized carbons (Fsp3) is 1.00. The summed E-state index contributed by atoms with van der Waals surface area (Å²) in [5.74, 6) is 1.33. The summed E-state index contributed by atoms with van der Waals surface area (Å²) >= 11 is 1.97. The van der Waals surface area contributed by atoms with Gasteiger partial charge in [0, 0.05) is 12.6 Å². The van der Waals surface area contributed by atoms with E-state index in [2.05, 4.69) is 23.4 Å². The number of hydrogen-bond donors (Lipinski definition) is 1. The van der Waals surface area contributed by atoms with Crippen LogP contribution in [0.4, 0.5) is 0 Å². The molecule has 0 amide bonds. The number of nitrogens with zero attached hydrogens (tertiary/aromatic N) is 1. The first-order valence-corrected chi connectivity index (χ1v) is 7.67. The summed E-state index contributed by atoms with van der Waals surface area (Å²) in [5.41, 5.74) is 0. The van der Waals surface area contributed by atoms with Crippen LogP contribution in [0.15, 0.2) is 0 Å². The van der Waals surface area contributed by atoms with Crippen molar-refractivity contribution in [2.45, 2.75) is 38.6 Å². The maximum atomic E-state index is 3.54. The Bertz CT molecular complexity index is 153. The molecule has 1 fully saturated rings. The summed E-state index contributed by atoms with van der Waals surface area (Å²) in [6.07, 6.45) is 7.69. The molecule has 0 aromatic carbocycles. The van der Waals surface area contributed by atoms with E-state index in [0.29, 0.717) is 6.04 Å². The third-order valence-corrected chi connectivity index (χ3v) is 3.70. The Hall–Kier alpha value is 0.270. The lowest BCUT2D eigenvalue weighted by Crippen LogP contribution is -2.35. The Labute approximate surface area is 99.2 Å². The standard InChI is InChI=1S/C12H26N2S/c1-12-11-14(9-6-7-13-12)8-4-3-5-10-15-2/h12-13H,3-11H2,1-2H3. The van der Waals surface area contributed by atoms with Gasteiger partial charge in [0.1, 0.15) is 0 Å². The first-order valence-electron chi connectivity index (χ1n) is 6.27. The third kappa shape index (κ3) is 6.44. The lowest BCUT2D eigenvalue weighted by atomic mass is 10.2. The molecule has 15 heavy (non-hydrogen) atoms. The van der Waals surface area contributed by atoms with E-state index in [0.717, 1.165) is 0 Å². The summed E-state index contributed by atoms with van der Waals surface area (Å²) in [6, 6.07) is 0.679. The molecule has 1 heterocycles. The number of nitrogens with one attached hydrogen (secondary N) is 1. The Morgan fingerprint density at radius 2 is 2.20 bits per heavy atom. The number of rotatable bonds is 6. The van der Waals surface area contributed by atoms with Crippen molar-refractivity contribution >= 4 is 11.8 Å². The van der Waals surface area contributed by atoms with Crippen molar-refractivity contribution in [1.29, 1.82) is 0 Å². The van der Waals surface area contributed by atoms with Gasteiger partial charge in [-0.1, -0.05) is 6.42 Å². The van der Waals surface area contributed by atoms with Crippen LogP contribution < -0.4 is 5.32 Å². The molecule has 1 atom stereocenters. The molecule has 1 aliphatic rings. The van der Waals surface area contributed by atoms with Gasteiger partial charge in [-0.2, -0.15) is 11.8 Å². The van der Waals surface area contributed by atoms with Gasteiger partial charge in [-0.15, -0.1) is 0 Å². The van der Waals surface area contributed by atoms with Crippen LogP contribution in [0.2, 0.25) is 0 Å². The number of hydrogen-bond acceptors (Lipinski definition) is 3. The van der Waals surface area contributed by atoms with Crippen LogP contribution in [0.1, 0.15) is 32.6 Å². The molecule has 1 N–H and O–H groups in total. The molecule has 0 saturated carbocycles. The van der Waals surface area contributed by atoms with Crippen LogP contribution in [0.3, 0.4) is 0 Å². The molecule has 2 nitrogen and oxygen atoms in total.